The van der Waals surface area contributed by atoms with E-state index in [1.807, 2.05) is 65.6 Å². The minimum absolute atomic E-state index is 0.0978. The van der Waals surface area contributed by atoms with Crippen LogP contribution in [0.3, 0.4) is 0 Å². The van der Waals surface area contributed by atoms with E-state index in [1.54, 1.807) is 13.2 Å². The lowest BCUT2D eigenvalue weighted by Gasteiger charge is -2.40. The van der Waals surface area contributed by atoms with Gasteiger partial charge in [-0.05, 0) is 103 Å². The Balaban J connectivity index is 1.34. The fourth-order valence-electron chi connectivity index (χ4n) is 6.46. The molecule has 4 aromatic carbocycles. The number of ether oxygens (including phenoxy) is 3. The average molecular weight is 625 g/mol. The lowest BCUT2D eigenvalue weighted by atomic mass is 9.85. The van der Waals surface area contributed by atoms with Crippen LogP contribution in [0.5, 0.6) is 28.7 Å². The SMILES string of the molecule is COc1cc2c3cc1Oc1ccc(O)c(c1)C(=O)NCCCOc1cccc(c1)C2N(C(=O)C1(c2ccc(Cl)cc2)CC1)CC3. The van der Waals surface area contributed by atoms with Crippen LogP contribution in [0, 0.1) is 0 Å². The Bertz CT molecular complexity index is 1790. The number of fused-ring (bicyclic) bond motifs is 6. The third-order valence-corrected chi connectivity index (χ3v) is 9.21. The maximum Gasteiger partial charge on any atom is 0.255 e. The van der Waals surface area contributed by atoms with Gasteiger partial charge in [0, 0.05) is 18.1 Å². The molecule has 0 radical (unpaired) electrons. The molecule has 0 aromatic heterocycles. The molecule has 8 rings (SSSR count). The van der Waals surface area contributed by atoms with Crippen LogP contribution in [0.4, 0.5) is 0 Å². The smallest absolute Gasteiger partial charge is 0.255 e. The number of aromatic hydroxyl groups is 1. The van der Waals surface area contributed by atoms with Gasteiger partial charge in [-0.25, -0.2) is 0 Å². The molecular formula is C36H33ClN2O6. The molecule has 0 spiro atoms. The second-order valence-electron chi connectivity index (χ2n) is 11.8. The Hall–Kier alpha value is -4.69. The van der Waals surface area contributed by atoms with Crippen LogP contribution in [-0.2, 0) is 16.6 Å². The second-order valence-corrected chi connectivity index (χ2v) is 12.2. The van der Waals surface area contributed by atoms with E-state index >= 15 is 0 Å². The van der Waals surface area contributed by atoms with Crippen molar-refractivity contribution in [3.8, 4) is 28.7 Å². The summed E-state index contributed by atoms with van der Waals surface area (Å²) in [6.45, 7) is 1.25. The van der Waals surface area contributed by atoms with Gasteiger partial charge in [0.25, 0.3) is 5.91 Å². The molecule has 2 N–H and O–H groups in total. The van der Waals surface area contributed by atoms with E-state index < -0.39 is 11.3 Å². The zero-order valence-corrected chi connectivity index (χ0v) is 25.6. The van der Waals surface area contributed by atoms with Crippen molar-refractivity contribution in [2.45, 2.75) is 37.1 Å². The molecule has 3 heterocycles. The molecule has 3 aliphatic heterocycles. The summed E-state index contributed by atoms with van der Waals surface area (Å²) in [5.74, 6) is 1.58. The van der Waals surface area contributed by atoms with Crippen molar-refractivity contribution < 1.29 is 28.9 Å². The molecule has 0 saturated heterocycles. The summed E-state index contributed by atoms with van der Waals surface area (Å²) in [4.78, 5) is 29.4. The molecule has 230 valence electrons. The van der Waals surface area contributed by atoms with E-state index in [2.05, 4.69) is 5.32 Å². The molecule has 9 heteroatoms. The summed E-state index contributed by atoms with van der Waals surface area (Å²) in [6.07, 6.45) is 2.75. The number of benzene rings is 4. The fourth-order valence-corrected chi connectivity index (χ4v) is 6.59. The Morgan fingerprint density at radius 1 is 1.04 bits per heavy atom. The summed E-state index contributed by atoms with van der Waals surface area (Å²) in [5.41, 5.74) is 3.44. The van der Waals surface area contributed by atoms with Crippen molar-refractivity contribution in [3.63, 3.8) is 0 Å². The zero-order chi connectivity index (χ0) is 31.1. The number of phenols is 1. The first-order valence-electron chi connectivity index (χ1n) is 15.2. The van der Waals surface area contributed by atoms with E-state index in [-0.39, 0.29) is 23.3 Å². The predicted molar refractivity (Wildman–Crippen MR) is 170 cm³/mol. The van der Waals surface area contributed by atoms with Gasteiger partial charge in [-0.3, -0.25) is 9.59 Å². The van der Waals surface area contributed by atoms with Gasteiger partial charge in [0.1, 0.15) is 17.2 Å². The number of carbonyl (C=O) groups excluding carboxylic acids is 2. The van der Waals surface area contributed by atoms with Gasteiger partial charge in [-0.1, -0.05) is 35.9 Å². The van der Waals surface area contributed by atoms with Crippen molar-refractivity contribution in [3.05, 3.63) is 112 Å². The largest absolute Gasteiger partial charge is 0.507 e. The number of rotatable bonds is 3. The third kappa shape index (κ3) is 5.44. The number of hydrogen-bond donors (Lipinski definition) is 2. The summed E-state index contributed by atoms with van der Waals surface area (Å²) in [5, 5.41) is 13.9. The van der Waals surface area contributed by atoms with Gasteiger partial charge in [-0.15, -0.1) is 0 Å². The van der Waals surface area contributed by atoms with Gasteiger partial charge >= 0.3 is 0 Å². The molecule has 4 aromatic rings. The summed E-state index contributed by atoms with van der Waals surface area (Å²) in [7, 11) is 1.57. The van der Waals surface area contributed by atoms with Gasteiger partial charge in [-0.2, -0.15) is 0 Å². The Labute approximate surface area is 266 Å². The van der Waals surface area contributed by atoms with Crippen LogP contribution in [-0.4, -0.2) is 48.6 Å². The quantitative estimate of drug-likeness (QED) is 0.268. The number of halogens is 1. The third-order valence-electron chi connectivity index (χ3n) is 8.96. The second kappa shape index (κ2) is 11.7. The van der Waals surface area contributed by atoms with Crippen molar-refractivity contribution >= 4 is 23.4 Å². The first kappa shape index (κ1) is 29.0. The fraction of sp³-hybridized carbons (Fsp3) is 0.278. The highest BCUT2D eigenvalue weighted by Gasteiger charge is 2.54. The van der Waals surface area contributed by atoms with E-state index in [4.69, 9.17) is 25.8 Å². The summed E-state index contributed by atoms with van der Waals surface area (Å²) < 4.78 is 18.2. The molecule has 1 saturated carbocycles. The van der Waals surface area contributed by atoms with Crippen LogP contribution in [0.1, 0.15) is 57.9 Å². The van der Waals surface area contributed by atoms with Crippen LogP contribution in [0.2, 0.25) is 5.02 Å². The summed E-state index contributed by atoms with van der Waals surface area (Å²) >= 11 is 6.19. The first-order valence-corrected chi connectivity index (χ1v) is 15.5. The highest BCUT2D eigenvalue weighted by Crippen LogP contribution is 2.52. The van der Waals surface area contributed by atoms with Crippen LogP contribution in [0.15, 0.2) is 78.9 Å². The summed E-state index contributed by atoms with van der Waals surface area (Å²) in [6, 6.07) is 23.6. The van der Waals surface area contributed by atoms with Gasteiger partial charge < -0.3 is 29.5 Å². The number of nitrogens with one attached hydrogen (secondary N) is 1. The normalized spacial score (nSPS) is 18.5. The molecule has 1 atom stereocenters. The Morgan fingerprint density at radius 3 is 2.64 bits per heavy atom. The maximum atomic E-state index is 14.6. The number of phenolic OH excluding ortho intramolecular Hbond substituents is 1. The molecule has 45 heavy (non-hydrogen) atoms. The van der Waals surface area contributed by atoms with E-state index in [0.29, 0.717) is 60.6 Å². The van der Waals surface area contributed by atoms with Crippen LogP contribution in [0.25, 0.3) is 0 Å². The molecule has 1 unspecified atom stereocenters. The van der Waals surface area contributed by atoms with Gasteiger partial charge in [0.15, 0.2) is 11.5 Å². The molecule has 1 fully saturated rings. The zero-order valence-electron chi connectivity index (χ0n) is 24.8. The Kier molecular flexibility index (Phi) is 7.53. The number of amides is 2. The monoisotopic (exact) mass is 624 g/mol. The van der Waals surface area contributed by atoms with Crippen LogP contribution >= 0.6 is 11.6 Å². The molecule has 8 bridgehead atoms. The molecule has 8 nitrogen and oxygen atoms in total. The molecule has 2 amide bonds. The molecule has 4 aliphatic rings. The maximum absolute atomic E-state index is 14.6. The minimum atomic E-state index is -0.573. The lowest BCUT2D eigenvalue weighted by Crippen LogP contribution is -2.45. The number of methoxy groups -OCH3 is 1. The minimum Gasteiger partial charge on any atom is -0.507 e. The Morgan fingerprint density at radius 2 is 1.87 bits per heavy atom. The topological polar surface area (TPSA) is 97.3 Å². The number of hydrogen-bond acceptors (Lipinski definition) is 6. The molecule has 1 aliphatic carbocycles. The van der Waals surface area contributed by atoms with Gasteiger partial charge in [0.05, 0.1) is 30.7 Å². The van der Waals surface area contributed by atoms with Crippen molar-refractivity contribution in [2.75, 3.05) is 26.8 Å². The lowest BCUT2D eigenvalue weighted by molar-refractivity contribution is -0.136. The average Bonchev–Trinajstić information content (AvgIpc) is 3.86. The molecular weight excluding hydrogens is 592 g/mol. The standard InChI is InChI=1S/C36H33ClN2O6/c1-43-31-21-28-22-12-16-39(35(42)36(13-14-36)24-6-8-25(37)9-7-24)33(28)23-4-2-5-26(18-23)44-17-3-15-38-34(41)29-20-27(10-11-30(29)40)45-32(31)19-22/h2,4-11,18-21,33,40H,3,12-17H2,1H3,(H,38,41). The number of nitrogens with zero attached hydrogens (tertiary/aromatic N) is 1. The van der Waals surface area contributed by atoms with E-state index in [1.165, 1.54) is 12.1 Å². The number of carbonyl (C=O) groups is 2. The van der Waals surface area contributed by atoms with E-state index in [9.17, 15) is 14.7 Å². The predicted octanol–water partition coefficient (Wildman–Crippen LogP) is 6.56. The van der Waals surface area contributed by atoms with Gasteiger partial charge in [0.2, 0.25) is 5.91 Å². The highest BCUT2D eigenvalue weighted by atomic mass is 35.5. The first-order chi connectivity index (χ1) is 21.9. The van der Waals surface area contributed by atoms with Crippen LogP contribution < -0.4 is 19.5 Å². The highest BCUT2D eigenvalue weighted by molar-refractivity contribution is 6.30. The van der Waals surface area contributed by atoms with Crippen molar-refractivity contribution in [1.29, 1.82) is 0 Å². The van der Waals surface area contributed by atoms with E-state index in [0.717, 1.165) is 35.1 Å². The van der Waals surface area contributed by atoms with Crippen molar-refractivity contribution in [1.82, 2.24) is 10.2 Å². The van der Waals surface area contributed by atoms with Crippen molar-refractivity contribution in [2.24, 2.45) is 0 Å².